The molecular formula is C14H15NOS. The molecule has 1 aromatic carbocycles. The van der Waals surface area contributed by atoms with Gasteiger partial charge in [0, 0.05) is 12.1 Å². The lowest BCUT2D eigenvalue weighted by Gasteiger charge is -2.03. The minimum absolute atomic E-state index is 0.398. The second-order valence-corrected chi connectivity index (χ2v) is 5.74. The third-order valence-corrected chi connectivity index (χ3v) is 4.68. The molecule has 1 N–H and O–H groups in total. The lowest BCUT2D eigenvalue weighted by Crippen LogP contribution is -1.96. The molecule has 0 amide bonds. The van der Waals surface area contributed by atoms with E-state index >= 15 is 0 Å². The van der Waals surface area contributed by atoms with Gasteiger partial charge in [0.1, 0.15) is 0 Å². The van der Waals surface area contributed by atoms with Gasteiger partial charge in [0.2, 0.25) is 0 Å². The van der Waals surface area contributed by atoms with E-state index in [0.717, 1.165) is 22.7 Å². The predicted octanol–water partition coefficient (Wildman–Crippen LogP) is 3.08. The first kappa shape index (κ1) is 10.9. The average molecular weight is 245 g/mol. The number of aliphatic hydroxyl groups excluding tert-OH is 1. The van der Waals surface area contributed by atoms with Crippen LogP contribution in [0.25, 0.3) is 0 Å². The van der Waals surface area contributed by atoms with Crippen LogP contribution in [0, 0.1) is 0 Å². The van der Waals surface area contributed by atoms with E-state index in [1.807, 2.05) is 6.20 Å². The zero-order valence-electron chi connectivity index (χ0n) is 9.76. The van der Waals surface area contributed by atoms with Crippen molar-refractivity contribution in [1.82, 2.24) is 4.98 Å². The summed E-state index contributed by atoms with van der Waals surface area (Å²) in [5.74, 6) is 0.505. The number of thiazole rings is 1. The molecule has 17 heavy (non-hydrogen) atoms. The van der Waals surface area contributed by atoms with E-state index in [4.69, 9.17) is 0 Å². The van der Waals surface area contributed by atoms with Crippen molar-refractivity contribution in [3.63, 3.8) is 0 Å². The van der Waals surface area contributed by atoms with E-state index in [9.17, 15) is 5.11 Å². The van der Waals surface area contributed by atoms with E-state index in [1.165, 1.54) is 11.1 Å². The first-order valence-corrected chi connectivity index (χ1v) is 6.76. The molecule has 1 atom stereocenters. The number of rotatable bonds is 2. The van der Waals surface area contributed by atoms with Gasteiger partial charge >= 0.3 is 0 Å². The van der Waals surface area contributed by atoms with Gasteiger partial charge < -0.3 is 5.11 Å². The maximum atomic E-state index is 9.52. The number of fused-ring (bicyclic) bond motifs is 1. The molecule has 0 fully saturated rings. The molecule has 88 valence electrons. The quantitative estimate of drug-likeness (QED) is 0.882. The molecule has 0 spiro atoms. The van der Waals surface area contributed by atoms with Crippen LogP contribution in [0.4, 0.5) is 0 Å². The van der Waals surface area contributed by atoms with Gasteiger partial charge in [-0.1, -0.05) is 24.3 Å². The summed E-state index contributed by atoms with van der Waals surface area (Å²) in [5, 5.41) is 10.7. The Hall–Kier alpha value is -1.19. The van der Waals surface area contributed by atoms with Crippen LogP contribution in [-0.2, 0) is 12.8 Å². The number of aromatic nitrogens is 1. The average Bonchev–Trinajstić information content (AvgIpc) is 2.95. The summed E-state index contributed by atoms with van der Waals surface area (Å²) in [6.07, 6.45) is 3.59. The van der Waals surface area contributed by atoms with Gasteiger partial charge in [-0.05, 0) is 30.9 Å². The van der Waals surface area contributed by atoms with Crippen molar-refractivity contribution in [2.75, 3.05) is 0 Å². The molecule has 1 heterocycles. The summed E-state index contributed by atoms with van der Waals surface area (Å²) in [6, 6.07) is 8.62. The minimum Gasteiger partial charge on any atom is -0.388 e. The molecule has 3 rings (SSSR count). The number of aliphatic hydroxyl groups is 1. The topological polar surface area (TPSA) is 33.1 Å². The molecule has 0 radical (unpaired) electrons. The number of hydrogen-bond acceptors (Lipinski definition) is 3. The van der Waals surface area contributed by atoms with Gasteiger partial charge in [0.25, 0.3) is 0 Å². The lowest BCUT2D eigenvalue weighted by molar-refractivity contribution is 0.203. The molecular weight excluding hydrogens is 230 g/mol. The van der Waals surface area contributed by atoms with E-state index in [2.05, 4.69) is 29.2 Å². The lowest BCUT2D eigenvalue weighted by atomic mass is 10.1. The van der Waals surface area contributed by atoms with Crippen LogP contribution in [0.2, 0.25) is 0 Å². The summed E-state index contributed by atoms with van der Waals surface area (Å²) >= 11 is 1.65. The Balaban J connectivity index is 1.84. The molecule has 0 aliphatic heterocycles. The highest BCUT2D eigenvalue weighted by Crippen LogP contribution is 2.36. The molecule has 3 heteroatoms. The highest BCUT2D eigenvalue weighted by Gasteiger charge is 2.25. The first-order chi connectivity index (χ1) is 8.24. The Morgan fingerprint density at radius 1 is 1.29 bits per heavy atom. The largest absolute Gasteiger partial charge is 0.388 e. The second-order valence-electron chi connectivity index (χ2n) is 4.65. The Labute approximate surface area is 105 Å². The van der Waals surface area contributed by atoms with Crippen LogP contribution >= 0.6 is 11.3 Å². The van der Waals surface area contributed by atoms with Gasteiger partial charge in [-0.2, -0.15) is 0 Å². The van der Waals surface area contributed by atoms with E-state index in [0.29, 0.717) is 5.92 Å². The van der Waals surface area contributed by atoms with Gasteiger partial charge in [-0.15, -0.1) is 11.3 Å². The van der Waals surface area contributed by atoms with Crippen molar-refractivity contribution in [2.45, 2.75) is 31.8 Å². The van der Waals surface area contributed by atoms with E-state index in [1.54, 1.807) is 18.3 Å². The van der Waals surface area contributed by atoms with Crippen molar-refractivity contribution >= 4 is 11.3 Å². The summed E-state index contributed by atoms with van der Waals surface area (Å²) < 4.78 is 0. The fourth-order valence-corrected chi connectivity index (χ4v) is 3.37. The number of benzene rings is 1. The summed E-state index contributed by atoms with van der Waals surface area (Å²) in [6.45, 7) is 1.79. The SMILES string of the molecule is CC(O)c1cnc(C2Cc3ccccc3C2)s1. The third kappa shape index (κ3) is 2.01. The van der Waals surface area contributed by atoms with E-state index < -0.39 is 6.10 Å². The van der Waals surface area contributed by atoms with Crippen LogP contribution in [0.5, 0.6) is 0 Å². The molecule has 0 saturated carbocycles. The zero-order chi connectivity index (χ0) is 11.8. The standard InChI is InChI=1S/C14H15NOS/c1-9(16)13-8-15-14(17-13)12-6-10-4-2-3-5-11(10)7-12/h2-5,8-9,12,16H,6-7H2,1H3. The molecule has 1 aromatic heterocycles. The Morgan fingerprint density at radius 3 is 2.47 bits per heavy atom. The summed E-state index contributed by atoms with van der Waals surface area (Å²) in [5.41, 5.74) is 2.90. The van der Waals surface area contributed by atoms with Crippen LogP contribution in [-0.4, -0.2) is 10.1 Å². The highest BCUT2D eigenvalue weighted by atomic mass is 32.1. The predicted molar refractivity (Wildman–Crippen MR) is 69.3 cm³/mol. The molecule has 0 bridgehead atoms. The molecule has 0 saturated heterocycles. The van der Waals surface area contributed by atoms with Gasteiger partial charge in [0.15, 0.2) is 0 Å². The maximum absolute atomic E-state index is 9.52. The van der Waals surface area contributed by atoms with Crippen LogP contribution in [0.3, 0.4) is 0 Å². The minimum atomic E-state index is -0.398. The van der Waals surface area contributed by atoms with Crippen molar-refractivity contribution < 1.29 is 5.11 Å². The zero-order valence-corrected chi connectivity index (χ0v) is 10.6. The molecule has 2 aromatic rings. The molecule has 1 aliphatic carbocycles. The van der Waals surface area contributed by atoms with Crippen molar-refractivity contribution in [1.29, 1.82) is 0 Å². The summed E-state index contributed by atoms with van der Waals surface area (Å²) in [7, 11) is 0. The summed E-state index contributed by atoms with van der Waals surface area (Å²) in [4.78, 5) is 5.43. The van der Waals surface area contributed by atoms with Gasteiger partial charge in [-0.25, -0.2) is 4.98 Å². The van der Waals surface area contributed by atoms with Gasteiger partial charge in [0.05, 0.1) is 16.0 Å². The Kier molecular flexibility index (Phi) is 2.73. The fourth-order valence-electron chi connectivity index (χ4n) is 2.42. The van der Waals surface area contributed by atoms with E-state index in [-0.39, 0.29) is 0 Å². The smallest absolute Gasteiger partial charge is 0.0966 e. The number of hydrogen-bond donors (Lipinski definition) is 1. The monoisotopic (exact) mass is 245 g/mol. The normalized spacial score (nSPS) is 17.1. The maximum Gasteiger partial charge on any atom is 0.0966 e. The fraction of sp³-hybridized carbons (Fsp3) is 0.357. The van der Waals surface area contributed by atoms with Gasteiger partial charge in [-0.3, -0.25) is 0 Å². The van der Waals surface area contributed by atoms with Crippen molar-refractivity contribution in [2.24, 2.45) is 0 Å². The van der Waals surface area contributed by atoms with Crippen LogP contribution in [0.1, 0.15) is 40.0 Å². The van der Waals surface area contributed by atoms with Crippen LogP contribution in [0.15, 0.2) is 30.5 Å². The number of nitrogens with zero attached hydrogens (tertiary/aromatic N) is 1. The second kappa shape index (κ2) is 4.24. The first-order valence-electron chi connectivity index (χ1n) is 5.94. The molecule has 1 unspecified atom stereocenters. The molecule has 2 nitrogen and oxygen atoms in total. The molecule has 1 aliphatic rings. The Bertz CT molecular complexity index is 508. The van der Waals surface area contributed by atoms with Crippen molar-refractivity contribution in [3.8, 4) is 0 Å². The van der Waals surface area contributed by atoms with Crippen LogP contribution < -0.4 is 0 Å². The third-order valence-electron chi connectivity index (χ3n) is 3.35. The Morgan fingerprint density at radius 2 is 1.94 bits per heavy atom. The van der Waals surface area contributed by atoms with Crippen molar-refractivity contribution in [3.05, 3.63) is 51.5 Å². The highest BCUT2D eigenvalue weighted by molar-refractivity contribution is 7.11.